The molecule has 0 spiro atoms. The zero-order valence-electron chi connectivity index (χ0n) is 20.9. The Morgan fingerprint density at radius 1 is 1.09 bits per heavy atom. The summed E-state index contributed by atoms with van der Waals surface area (Å²) in [5, 5.41) is 17.2. The molecule has 3 atom stereocenters. The summed E-state index contributed by atoms with van der Waals surface area (Å²) in [4.78, 5) is 8.36. The van der Waals surface area contributed by atoms with Crippen LogP contribution in [0, 0.1) is 33.9 Å². The first-order valence-electron chi connectivity index (χ1n) is 11.0. The van der Waals surface area contributed by atoms with Gasteiger partial charge in [0.25, 0.3) is 6.47 Å². The van der Waals surface area contributed by atoms with E-state index < -0.39 is 0 Å². The summed E-state index contributed by atoms with van der Waals surface area (Å²) in [6.07, 6.45) is 1.79. The lowest BCUT2D eigenvalue weighted by atomic mass is 9.71. The normalized spacial score (nSPS) is 13.7. The number of nitrogens with two attached hydrogens (primary N) is 1. The van der Waals surface area contributed by atoms with Crippen molar-refractivity contribution in [3.05, 3.63) is 69.4 Å². The van der Waals surface area contributed by atoms with Crippen LogP contribution in [0.3, 0.4) is 0 Å². The highest BCUT2D eigenvalue weighted by atomic mass is 79.9. The molecule has 34 heavy (non-hydrogen) atoms. The quantitative estimate of drug-likeness (QED) is 0.365. The maximum atomic E-state index is 12.1. The SMILES string of the molecule is CC(C)(C)CC(N)C(C#N)C(CC(C)(C)C)c1cccc(Br)c1.Fc1cccc(Cl)c1.O=CO. The molecule has 0 aliphatic carbocycles. The van der Waals surface area contributed by atoms with Crippen molar-refractivity contribution in [2.45, 2.75) is 66.3 Å². The van der Waals surface area contributed by atoms with E-state index in [0.29, 0.717) is 5.02 Å². The Hall–Kier alpha value is -1.94. The van der Waals surface area contributed by atoms with E-state index >= 15 is 0 Å². The van der Waals surface area contributed by atoms with Crippen LogP contribution in [-0.4, -0.2) is 17.6 Å². The molecule has 0 bridgehead atoms. The molecule has 0 heterocycles. The van der Waals surface area contributed by atoms with Gasteiger partial charge in [-0.25, -0.2) is 4.39 Å². The number of hydrogen-bond donors (Lipinski definition) is 2. The zero-order valence-corrected chi connectivity index (χ0v) is 23.2. The fraction of sp³-hybridized carbons (Fsp3) is 0.481. The first-order valence-corrected chi connectivity index (χ1v) is 12.2. The molecule has 3 unspecified atom stereocenters. The van der Waals surface area contributed by atoms with Gasteiger partial charge in [0.2, 0.25) is 0 Å². The molecular formula is C27H37BrClFN2O2. The van der Waals surface area contributed by atoms with Crippen molar-refractivity contribution in [2.75, 3.05) is 0 Å². The Kier molecular flexibility index (Phi) is 14.3. The monoisotopic (exact) mass is 554 g/mol. The smallest absolute Gasteiger partial charge is 0.290 e. The minimum absolute atomic E-state index is 0.119. The average molecular weight is 556 g/mol. The van der Waals surface area contributed by atoms with E-state index in [1.54, 1.807) is 12.1 Å². The lowest BCUT2D eigenvalue weighted by Gasteiger charge is -2.34. The van der Waals surface area contributed by atoms with Crippen LogP contribution in [0.15, 0.2) is 53.0 Å². The largest absolute Gasteiger partial charge is 0.483 e. The van der Waals surface area contributed by atoms with Crippen LogP contribution in [0.25, 0.3) is 0 Å². The maximum absolute atomic E-state index is 12.1. The number of rotatable bonds is 5. The van der Waals surface area contributed by atoms with Crippen molar-refractivity contribution in [1.29, 1.82) is 5.26 Å². The van der Waals surface area contributed by atoms with Gasteiger partial charge in [0.1, 0.15) is 5.82 Å². The van der Waals surface area contributed by atoms with Gasteiger partial charge < -0.3 is 10.8 Å². The van der Waals surface area contributed by atoms with Gasteiger partial charge in [0, 0.05) is 21.5 Å². The van der Waals surface area contributed by atoms with Crippen molar-refractivity contribution < 1.29 is 14.3 Å². The first kappa shape index (κ1) is 32.1. The number of hydrogen-bond acceptors (Lipinski definition) is 3. The molecule has 2 rings (SSSR count). The van der Waals surface area contributed by atoms with E-state index in [0.717, 1.165) is 17.3 Å². The number of carbonyl (C=O) groups is 1. The molecule has 0 saturated heterocycles. The summed E-state index contributed by atoms with van der Waals surface area (Å²) in [6, 6.07) is 16.5. The number of nitriles is 1. The molecule has 3 N–H and O–H groups in total. The molecule has 188 valence electrons. The van der Waals surface area contributed by atoms with Crippen LogP contribution in [0.1, 0.15) is 65.9 Å². The van der Waals surface area contributed by atoms with Gasteiger partial charge in [0.05, 0.1) is 12.0 Å². The molecular weight excluding hydrogens is 519 g/mol. The molecule has 0 amide bonds. The van der Waals surface area contributed by atoms with Gasteiger partial charge in [-0.3, -0.25) is 4.79 Å². The summed E-state index contributed by atoms with van der Waals surface area (Å²) in [6.45, 7) is 13.0. The van der Waals surface area contributed by atoms with Crippen LogP contribution in [-0.2, 0) is 4.79 Å². The van der Waals surface area contributed by atoms with Gasteiger partial charge in [-0.15, -0.1) is 0 Å². The minimum Gasteiger partial charge on any atom is -0.483 e. The minimum atomic E-state index is -0.294. The van der Waals surface area contributed by atoms with Crippen LogP contribution >= 0.6 is 27.5 Å². The molecule has 0 aliphatic heterocycles. The van der Waals surface area contributed by atoms with Crippen molar-refractivity contribution in [2.24, 2.45) is 22.5 Å². The second-order valence-corrected chi connectivity index (χ2v) is 11.9. The number of carboxylic acid groups (broad SMARTS) is 1. The average Bonchev–Trinajstić information content (AvgIpc) is 2.66. The topological polar surface area (TPSA) is 87.1 Å². The highest BCUT2D eigenvalue weighted by molar-refractivity contribution is 9.10. The summed E-state index contributed by atoms with van der Waals surface area (Å²) in [7, 11) is 0. The molecule has 7 heteroatoms. The lowest BCUT2D eigenvalue weighted by Crippen LogP contribution is -2.37. The van der Waals surface area contributed by atoms with E-state index in [9.17, 15) is 9.65 Å². The van der Waals surface area contributed by atoms with Gasteiger partial charge in [-0.2, -0.15) is 5.26 Å². The predicted octanol–water partition coefficient (Wildman–Crippen LogP) is 8.05. The molecule has 2 aromatic rings. The third-order valence-corrected chi connectivity index (χ3v) is 5.52. The van der Waals surface area contributed by atoms with E-state index in [1.807, 2.05) is 12.1 Å². The van der Waals surface area contributed by atoms with E-state index in [2.05, 4.69) is 75.7 Å². The highest BCUT2D eigenvalue weighted by Gasteiger charge is 2.33. The fourth-order valence-electron chi connectivity index (χ4n) is 3.63. The van der Waals surface area contributed by atoms with Gasteiger partial charge in [0.15, 0.2) is 0 Å². The first-order chi connectivity index (χ1) is 15.6. The van der Waals surface area contributed by atoms with Crippen molar-refractivity contribution >= 4 is 34.0 Å². The van der Waals surface area contributed by atoms with Crippen molar-refractivity contribution in [1.82, 2.24) is 0 Å². The van der Waals surface area contributed by atoms with Crippen LogP contribution in [0.2, 0.25) is 5.02 Å². The summed E-state index contributed by atoms with van der Waals surface area (Å²) in [5.41, 5.74) is 7.94. The number of benzene rings is 2. The molecule has 0 radical (unpaired) electrons. The molecule has 0 aliphatic rings. The molecule has 4 nitrogen and oxygen atoms in total. The summed E-state index contributed by atoms with van der Waals surface area (Å²) in [5.74, 6) is -0.324. The van der Waals surface area contributed by atoms with Crippen LogP contribution in [0.5, 0.6) is 0 Å². The third kappa shape index (κ3) is 14.3. The summed E-state index contributed by atoms with van der Waals surface area (Å²) < 4.78 is 13.1. The lowest BCUT2D eigenvalue weighted by molar-refractivity contribution is -0.122. The molecule has 0 fully saturated rings. The van der Waals surface area contributed by atoms with Crippen molar-refractivity contribution in [3.8, 4) is 6.07 Å². The van der Waals surface area contributed by atoms with E-state index in [4.69, 9.17) is 27.2 Å². The van der Waals surface area contributed by atoms with Gasteiger partial charge in [-0.1, -0.05) is 87.3 Å². The van der Waals surface area contributed by atoms with E-state index in [1.165, 1.54) is 17.7 Å². The van der Waals surface area contributed by atoms with Gasteiger partial charge in [-0.05, 0) is 59.6 Å². The molecule has 2 aromatic carbocycles. The van der Waals surface area contributed by atoms with Gasteiger partial charge >= 0.3 is 0 Å². The third-order valence-electron chi connectivity index (χ3n) is 4.79. The van der Waals surface area contributed by atoms with Crippen molar-refractivity contribution in [3.63, 3.8) is 0 Å². The Bertz CT molecular complexity index is 903. The molecule has 0 saturated carbocycles. The highest BCUT2D eigenvalue weighted by Crippen LogP contribution is 2.39. The Balaban J connectivity index is 0.000000813. The van der Waals surface area contributed by atoms with Crippen LogP contribution < -0.4 is 5.73 Å². The fourth-order valence-corrected chi connectivity index (χ4v) is 4.22. The number of halogens is 3. The van der Waals surface area contributed by atoms with E-state index in [-0.39, 0.29) is 41.0 Å². The Morgan fingerprint density at radius 3 is 2.00 bits per heavy atom. The summed E-state index contributed by atoms with van der Waals surface area (Å²) >= 11 is 8.96. The number of nitrogens with zero attached hydrogens (tertiary/aromatic N) is 1. The standard InChI is InChI=1S/C20H31BrN2.C6H4ClF.CH2O2/c1-19(2,3)11-16(14-8-7-9-15(21)10-14)17(13-22)18(23)12-20(4,5)6;7-5-2-1-3-6(8)4-5;2-1-3/h7-10,16-18H,11-12,23H2,1-6H3;1-4H;1H,(H,2,3). The Morgan fingerprint density at radius 2 is 1.62 bits per heavy atom. The zero-order chi connectivity index (χ0) is 26.5. The van der Waals surface area contributed by atoms with Crippen LogP contribution in [0.4, 0.5) is 4.39 Å². The second-order valence-electron chi connectivity index (χ2n) is 10.6. The Labute approximate surface area is 217 Å². The predicted molar refractivity (Wildman–Crippen MR) is 142 cm³/mol. The maximum Gasteiger partial charge on any atom is 0.290 e. The second kappa shape index (κ2) is 15.1. The molecule has 0 aromatic heterocycles.